The maximum absolute atomic E-state index is 12.1. The van der Waals surface area contributed by atoms with Gasteiger partial charge >= 0.3 is 5.97 Å². The third-order valence-electron chi connectivity index (χ3n) is 4.62. The van der Waals surface area contributed by atoms with Crippen molar-refractivity contribution < 1.29 is 19.4 Å². The zero-order valence-corrected chi connectivity index (χ0v) is 14.4. The average molecular weight is 330 g/mol. The van der Waals surface area contributed by atoms with Crippen LogP contribution in [0.2, 0.25) is 0 Å². The van der Waals surface area contributed by atoms with Crippen molar-refractivity contribution in [3.8, 4) is 0 Å². The van der Waals surface area contributed by atoms with Gasteiger partial charge in [0, 0.05) is 25.2 Å². The number of rotatable bonds is 7. The highest BCUT2D eigenvalue weighted by Gasteiger charge is 2.41. The van der Waals surface area contributed by atoms with Crippen LogP contribution >= 0.6 is 0 Å². The van der Waals surface area contributed by atoms with E-state index in [0.29, 0.717) is 19.3 Å². The fourth-order valence-electron chi connectivity index (χ4n) is 3.40. The first-order valence-electron chi connectivity index (χ1n) is 8.62. The van der Waals surface area contributed by atoms with Crippen LogP contribution < -0.4 is 0 Å². The Labute approximate surface area is 143 Å². The monoisotopic (exact) mass is 330 g/mol. The van der Waals surface area contributed by atoms with E-state index in [-0.39, 0.29) is 29.7 Å². The number of aliphatic hydroxyl groups excluding tert-OH is 1. The molecule has 0 aromatic heterocycles. The largest absolute Gasteiger partial charge is 0.461 e. The molecule has 0 radical (unpaired) electrons. The van der Waals surface area contributed by atoms with E-state index < -0.39 is 6.10 Å². The summed E-state index contributed by atoms with van der Waals surface area (Å²) >= 11 is 0. The van der Waals surface area contributed by atoms with Crippen molar-refractivity contribution in [1.29, 1.82) is 0 Å². The van der Waals surface area contributed by atoms with Crippen LogP contribution in [0.1, 0.15) is 51.2 Å². The third kappa shape index (κ3) is 4.78. The first kappa shape index (κ1) is 18.4. The van der Waals surface area contributed by atoms with Crippen LogP contribution in [0.15, 0.2) is 42.5 Å². The van der Waals surface area contributed by atoms with Crippen LogP contribution in [-0.4, -0.2) is 23.0 Å². The van der Waals surface area contributed by atoms with E-state index in [4.69, 9.17) is 4.74 Å². The van der Waals surface area contributed by atoms with Crippen LogP contribution in [-0.2, 0) is 14.3 Å². The van der Waals surface area contributed by atoms with E-state index in [9.17, 15) is 14.7 Å². The minimum atomic E-state index is -0.493. The molecule has 4 heteroatoms. The van der Waals surface area contributed by atoms with Gasteiger partial charge in [-0.15, -0.1) is 0 Å². The molecule has 2 rings (SSSR count). The van der Waals surface area contributed by atoms with Gasteiger partial charge in [0.15, 0.2) is 0 Å². The summed E-state index contributed by atoms with van der Waals surface area (Å²) in [6.45, 7) is 3.36. The molecule has 0 spiro atoms. The van der Waals surface area contributed by atoms with Crippen molar-refractivity contribution >= 4 is 11.8 Å². The zero-order valence-electron chi connectivity index (χ0n) is 14.4. The van der Waals surface area contributed by atoms with E-state index in [0.717, 1.165) is 12.0 Å². The Balaban J connectivity index is 1.92. The predicted molar refractivity (Wildman–Crippen MR) is 92.2 cm³/mol. The summed E-state index contributed by atoms with van der Waals surface area (Å²) in [5.74, 6) is -0.310. The molecule has 1 unspecified atom stereocenters. The molecule has 1 aromatic carbocycles. The number of ketones is 1. The normalized spacial score (nSPS) is 25.1. The summed E-state index contributed by atoms with van der Waals surface area (Å²) in [7, 11) is 0. The zero-order chi connectivity index (χ0) is 17.5. The molecule has 0 saturated heterocycles. The van der Waals surface area contributed by atoms with E-state index in [1.807, 2.05) is 49.4 Å². The molecule has 1 fully saturated rings. The number of carbonyl (C=O) groups excluding carboxylic acids is 2. The van der Waals surface area contributed by atoms with Gasteiger partial charge in [-0.2, -0.15) is 0 Å². The predicted octanol–water partition coefficient (Wildman–Crippen LogP) is 3.60. The van der Waals surface area contributed by atoms with Gasteiger partial charge in [-0.1, -0.05) is 49.4 Å². The standard InChI is InChI=1S/C20H26O4/c1-3-16-17(20(13-19(16)23)24-14(2)21)11-7-8-12-18(22)15-9-5-4-6-10-15/h4-7,9-11,16-18,20,22H,3,8,12-13H2,1-2H3/t16-,17-,18?,20-/m1/s1. The number of carbonyl (C=O) groups is 2. The lowest BCUT2D eigenvalue weighted by Crippen LogP contribution is -2.22. The molecule has 24 heavy (non-hydrogen) atoms. The summed E-state index contributed by atoms with van der Waals surface area (Å²) in [4.78, 5) is 23.3. The molecule has 0 heterocycles. The van der Waals surface area contributed by atoms with Gasteiger partial charge in [-0.05, 0) is 24.8 Å². The second-order valence-electron chi connectivity index (χ2n) is 6.34. The number of aliphatic hydroxyl groups is 1. The Kier molecular flexibility index (Phi) is 6.73. The Morgan fingerprint density at radius 1 is 1.38 bits per heavy atom. The second-order valence-corrected chi connectivity index (χ2v) is 6.34. The highest BCUT2D eigenvalue weighted by atomic mass is 16.5. The summed E-state index contributed by atoms with van der Waals surface area (Å²) < 4.78 is 5.31. The second kappa shape index (κ2) is 8.78. The van der Waals surface area contributed by atoms with Crippen LogP contribution in [0.3, 0.4) is 0 Å². The Morgan fingerprint density at radius 3 is 2.71 bits per heavy atom. The Bertz CT molecular complexity index is 579. The number of esters is 1. The molecule has 1 aliphatic carbocycles. The minimum absolute atomic E-state index is 0.0553. The molecule has 1 aliphatic rings. The van der Waals surface area contributed by atoms with E-state index >= 15 is 0 Å². The lowest BCUT2D eigenvalue weighted by Gasteiger charge is -2.19. The van der Waals surface area contributed by atoms with Gasteiger partial charge in [0.2, 0.25) is 0 Å². The number of hydrogen-bond donors (Lipinski definition) is 1. The summed E-state index contributed by atoms with van der Waals surface area (Å²) in [6.07, 6.45) is 5.53. The summed E-state index contributed by atoms with van der Waals surface area (Å²) in [6, 6.07) is 9.57. The van der Waals surface area contributed by atoms with Gasteiger partial charge in [0.05, 0.1) is 6.10 Å². The quantitative estimate of drug-likeness (QED) is 0.613. The van der Waals surface area contributed by atoms with Gasteiger partial charge < -0.3 is 9.84 Å². The number of hydrogen-bond acceptors (Lipinski definition) is 4. The van der Waals surface area contributed by atoms with Crippen LogP contribution in [0.5, 0.6) is 0 Å². The molecule has 0 bridgehead atoms. The molecule has 1 saturated carbocycles. The van der Waals surface area contributed by atoms with Gasteiger partial charge in [-0.3, -0.25) is 9.59 Å². The van der Waals surface area contributed by atoms with Gasteiger partial charge in [-0.25, -0.2) is 0 Å². The van der Waals surface area contributed by atoms with Crippen LogP contribution in [0, 0.1) is 11.8 Å². The van der Waals surface area contributed by atoms with Crippen molar-refractivity contribution in [1.82, 2.24) is 0 Å². The Morgan fingerprint density at radius 2 is 2.08 bits per heavy atom. The van der Waals surface area contributed by atoms with Crippen molar-refractivity contribution in [2.45, 2.75) is 51.7 Å². The maximum Gasteiger partial charge on any atom is 0.302 e. The molecule has 4 atom stereocenters. The molecule has 130 valence electrons. The lowest BCUT2D eigenvalue weighted by atomic mass is 9.91. The first-order chi connectivity index (χ1) is 11.5. The maximum atomic E-state index is 12.1. The molecule has 0 aliphatic heterocycles. The Hall–Kier alpha value is -1.94. The number of Topliss-reactive ketones (excluding diaryl/α,β-unsaturated/α-hetero) is 1. The molecule has 1 N–H and O–H groups in total. The summed E-state index contributed by atoms with van der Waals surface area (Å²) in [5.41, 5.74) is 0.908. The molecule has 1 aromatic rings. The highest BCUT2D eigenvalue weighted by Crippen LogP contribution is 2.35. The van der Waals surface area contributed by atoms with Gasteiger partial charge in [0.25, 0.3) is 0 Å². The van der Waals surface area contributed by atoms with Gasteiger partial charge in [0.1, 0.15) is 11.9 Å². The van der Waals surface area contributed by atoms with Crippen LogP contribution in [0.4, 0.5) is 0 Å². The molecule has 4 nitrogen and oxygen atoms in total. The van der Waals surface area contributed by atoms with E-state index in [2.05, 4.69) is 0 Å². The SMILES string of the molecule is CC[C@H]1C(=O)C[C@@H](OC(C)=O)[C@@H]1C=CCCC(O)c1ccccc1. The third-order valence-corrected chi connectivity index (χ3v) is 4.62. The fraction of sp³-hybridized carbons (Fsp3) is 0.500. The lowest BCUT2D eigenvalue weighted by molar-refractivity contribution is -0.147. The highest BCUT2D eigenvalue weighted by molar-refractivity contribution is 5.85. The average Bonchev–Trinajstić information content (AvgIpc) is 2.86. The fourth-order valence-corrected chi connectivity index (χ4v) is 3.40. The van der Waals surface area contributed by atoms with Crippen molar-refractivity contribution in [3.05, 3.63) is 48.0 Å². The van der Waals surface area contributed by atoms with Crippen molar-refractivity contribution in [2.75, 3.05) is 0 Å². The van der Waals surface area contributed by atoms with E-state index in [1.165, 1.54) is 6.92 Å². The summed E-state index contributed by atoms with van der Waals surface area (Å²) in [5, 5.41) is 10.2. The van der Waals surface area contributed by atoms with Crippen molar-refractivity contribution in [2.24, 2.45) is 11.8 Å². The van der Waals surface area contributed by atoms with Crippen molar-refractivity contribution in [3.63, 3.8) is 0 Å². The number of allylic oxidation sites excluding steroid dienone is 1. The first-order valence-corrected chi connectivity index (χ1v) is 8.62. The minimum Gasteiger partial charge on any atom is -0.461 e. The van der Waals surface area contributed by atoms with Crippen LogP contribution in [0.25, 0.3) is 0 Å². The smallest absolute Gasteiger partial charge is 0.302 e. The van der Waals surface area contributed by atoms with E-state index in [1.54, 1.807) is 0 Å². The molecular formula is C20H26O4. The topological polar surface area (TPSA) is 63.6 Å². The molecular weight excluding hydrogens is 304 g/mol. The molecule has 0 amide bonds. The number of ether oxygens (including phenoxy) is 1. The number of benzene rings is 1.